The van der Waals surface area contributed by atoms with E-state index in [-0.39, 0.29) is 22.8 Å². The first-order valence-corrected chi connectivity index (χ1v) is 9.08. The molecule has 2 aromatic rings. The third-order valence-corrected chi connectivity index (χ3v) is 6.92. The average Bonchev–Trinajstić information content (AvgIpc) is 3.10. The van der Waals surface area contributed by atoms with Crippen LogP contribution in [-0.4, -0.2) is 19.6 Å². The fraction of sp³-hybridized carbons (Fsp3) is 0.333. The van der Waals surface area contributed by atoms with Gasteiger partial charge in [-0.2, -0.15) is 0 Å². The van der Waals surface area contributed by atoms with Crippen LogP contribution in [0.5, 0.6) is 0 Å². The number of nitrogens with one attached hydrogen (secondary N) is 1. The van der Waals surface area contributed by atoms with E-state index in [1.54, 1.807) is 6.07 Å². The molecule has 0 spiro atoms. The molecule has 1 heterocycles. The molecular weight excluding hydrogens is 306 g/mol. The van der Waals surface area contributed by atoms with Gasteiger partial charge in [-0.25, -0.2) is 13.1 Å². The fourth-order valence-corrected chi connectivity index (χ4v) is 5.18. The highest BCUT2D eigenvalue weighted by atomic mass is 32.2. The fourth-order valence-electron chi connectivity index (χ4n) is 2.43. The number of thiophene rings is 1. The van der Waals surface area contributed by atoms with Crippen LogP contribution in [-0.2, 0) is 16.6 Å². The van der Waals surface area contributed by atoms with Crippen molar-refractivity contribution in [2.75, 3.05) is 0 Å². The third-order valence-electron chi connectivity index (χ3n) is 3.73. The molecule has 6 heteroatoms. The Bertz CT molecular complexity index is 738. The minimum atomic E-state index is -3.49. The van der Waals surface area contributed by atoms with Crippen LogP contribution in [0.4, 0.5) is 0 Å². The predicted octanol–water partition coefficient (Wildman–Crippen LogP) is 2.38. The van der Waals surface area contributed by atoms with Gasteiger partial charge in [-0.15, -0.1) is 11.3 Å². The second-order valence-corrected chi connectivity index (χ2v) is 8.39. The molecule has 2 unspecified atom stereocenters. The normalized spacial score (nSPS) is 21.4. The minimum Gasteiger partial charge on any atom is -0.391 e. The molecule has 4 nitrogen and oxygen atoms in total. The largest absolute Gasteiger partial charge is 0.391 e. The Morgan fingerprint density at radius 1 is 1.33 bits per heavy atom. The van der Waals surface area contributed by atoms with Crippen LogP contribution >= 0.6 is 11.3 Å². The van der Waals surface area contributed by atoms with E-state index in [1.807, 2.05) is 37.3 Å². The molecule has 21 heavy (non-hydrogen) atoms. The summed E-state index contributed by atoms with van der Waals surface area (Å²) in [6.45, 7) is 1.69. The molecule has 0 aliphatic heterocycles. The smallest absolute Gasteiger partial charge is 0.250 e. The predicted molar refractivity (Wildman–Crippen MR) is 82.9 cm³/mol. The molecule has 0 saturated heterocycles. The van der Waals surface area contributed by atoms with Gasteiger partial charge in [0.15, 0.2) is 0 Å². The topological polar surface area (TPSA) is 66.4 Å². The van der Waals surface area contributed by atoms with E-state index < -0.39 is 10.0 Å². The second-order valence-electron chi connectivity index (χ2n) is 5.31. The average molecular weight is 323 g/mol. The lowest BCUT2D eigenvalue weighted by molar-refractivity contribution is 0.285. The van der Waals surface area contributed by atoms with Gasteiger partial charge in [0.2, 0.25) is 10.0 Å². The number of aliphatic hydroxyl groups is 1. The van der Waals surface area contributed by atoms with Gasteiger partial charge >= 0.3 is 0 Å². The summed E-state index contributed by atoms with van der Waals surface area (Å²) < 4.78 is 27.8. The van der Waals surface area contributed by atoms with E-state index in [9.17, 15) is 13.5 Å². The van der Waals surface area contributed by atoms with E-state index in [1.165, 1.54) is 5.56 Å². The monoisotopic (exact) mass is 323 g/mol. The Hall–Kier alpha value is -1.21. The summed E-state index contributed by atoms with van der Waals surface area (Å²) in [5, 5.41) is 9.18. The lowest BCUT2D eigenvalue weighted by Gasteiger charge is -2.04. The number of aliphatic hydroxyl groups excluding tert-OH is 1. The molecule has 0 bridgehead atoms. The maximum atomic E-state index is 12.4. The molecule has 112 valence electrons. The summed E-state index contributed by atoms with van der Waals surface area (Å²) in [4.78, 5) is 0.700. The summed E-state index contributed by atoms with van der Waals surface area (Å²) >= 11 is 1.13. The van der Waals surface area contributed by atoms with Crippen LogP contribution in [0, 0.1) is 6.92 Å². The first-order valence-electron chi connectivity index (χ1n) is 6.78. The molecule has 3 rings (SSSR count). The van der Waals surface area contributed by atoms with Crippen LogP contribution in [0.3, 0.4) is 0 Å². The van der Waals surface area contributed by atoms with Crippen LogP contribution in [0.15, 0.2) is 40.6 Å². The molecule has 1 saturated carbocycles. The summed E-state index contributed by atoms with van der Waals surface area (Å²) in [6.07, 6.45) is 0.834. The molecule has 1 aliphatic carbocycles. The highest BCUT2D eigenvalue weighted by Crippen LogP contribution is 2.41. The number of aryl methyl sites for hydroxylation is 1. The lowest BCUT2D eigenvalue weighted by atomic mass is 10.1. The number of benzene rings is 1. The molecule has 1 aromatic heterocycles. The van der Waals surface area contributed by atoms with Crippen LogP contribution in [0.1, 0.15) is 28.3 Å². The Balaban J connectivity index is 1.73. The van der Waals surface area contributed by atoms with Gasteiger partial charge < -0.3 is 5.11 Å². The number of sulfonamides is 1. The zero-order valence-electron chi connectivity index (χ0n) is 11.6. The van der Waals surface area contributed by atoms with E-state index >= 15 is 0 Å². The van der Waals surface area contributed by atoms with Crippen molar-refractivity contribution in [1.82, 2.24) is 4.72 Å². The highest BCUT2D eigenvalue weighted by Gasteiger charge is 2.41. The third kappa shape index (κ3) is 3.03. The quantitative estimate of drug-likeness (QED) is 0.888. The molecule has 1 fully saturated rings. The maximum Gasteiger partial charge on any atom is 0.250 e. The van der Waals surface area contributed by atoms with Gasteiger partial charge in [0.1, 0.15) is 4.21 Å². The first kappa shape index (κ1) is 14.7. The molecule has 0 radical (unpaired) electrons. The standard InChI is InChI=1S/C15H17NO3S2/c1-10-7-15(20-14(10)9-17)21(18,19)16-13-8-12(13)11-5-3-2-4-6-11/h2-7,12-13,16-17H,8-9H2,1H3. The molecule has 1 aromatic carbocycles. The van der Waals surface area contributed by atoms with Crippen molar-refractivity contribution in [2.45, 2.75) is 36.1 Å². The number of hydrogen-bond acceptors (Lipinski definition) is 4. The summed E-state index contributed by atoms with van der Waals surface area (Å²) in [5.41, 5.74) is 1.99. The number of rotatable bonds is 5. The summed E-state index contributed by atoms with van der Waals surface area (Å²) in [6, 6.07) is 11.5. The van der Waals surface area contributed by atoms with Gasteiger partial charge in [-0.3, -0.25) is 0 Å². The summed E-state index contributed by atoms with van der Waals surface area (Å²) in [5.74, 6) is 0.263. The van der Waals surface area contributed by atoms with Crippen molar-refractivity contribution in [3.05, 3.63) is 52.4 Å². The van der Waals surface area contributed by atoms with Crippen molar-refractivity contribution < 1.29 is 13.5 Å². The summed E-state index contributed by atoms with van der Waals surface area (Å²) in [7, 11) is -3.49. The van der Waals surface area contributed by atoms with Crippen molar-refractivity contribution >= 4 is 21.4 Å². The molecule has 2 N–H and O–H groups in total. The zero-order valence-corrected chi connectivity index (χ0v) is 13.2. The van der Waals surface area contributed by atoms with Crippen LogP contribution < -0.4 is 4.72 Å². The molecular formula is C15H17NO3S2. The van der Waals surface area contributed by atoms with Crippen LogP contribution in [0.25, 0.3) is 0 Å². The van der Waals surface area contributed by atoms with E-state index in [4.69, 9.17) is 0 Å². The number of hydrogen-bond donors (Lipinski definition) is 2. The van der Waals surface area contributed by atoms with E-state index in [0.717, 1.165) is 23.3 Å². The molecule has 0 amide bonds. The van der Waals surface area contributed by atoms with Gasteiger partial charge in [0, 0.05) is 16.8 Å². The van der Waals surface area contributed by atoms with Crippen molar-refractivity contribution in [2.24, 2.45) is 0 Å². The van der Waals surface area contributed by atoms with Gasteiger partial charge in [-0.05, 0) is 30.5 Å². The molecule has 1 aliphatic rings. The van der Waals surface area contributed by atoms with Crippen molar-refractivity contribution in [3.8, 4) is 0 Å². The Kier molecular flexibility index (Phi) is 3.88. The molecule has 2 atom stereocenters. The zero-order chi connectivity index (χ0) is 15.0. The van der Waals surface area contributed by atoms with Crippen LogP contribution in [0.2, 0.25) is 0 Å². The van der Waals surface area contributed by atoms with Crippen molar-refractivity contribution in [3.63, 3.8) is 0 Å². The van der Waals surface area contributed by atoms with E-state index in [0.29, 0.717) is 4.88 Å². The second kappa shape index (κ2) is 5.53. The Labute approximate surface area is 128 Å². The van der Waals surface area contributed by atoms with Crippen molar-refractivity contribution in [1.29, 1.82) is 0 Å². The Morgan fingerprint density at radius 2 is 2.05 bits per heavy atom. The van der Waals surface area contributed by atoms with Gasteiger partial charge in [0.05, 0.1) is 6.61 Å². The first-order chi connectivity index (χ1) is 10.0. The lowest BCUT2D eigenvalue weighted by Crippen LogP contribution is -2.26. The maximum absolute atomic E-state index is 12.4. The van der Waals surface area contributed by atoms with Gasteiger partial charge in [-0.1, -0.05) is 30.3 Å². The SMILES string of the molecule is Cc1cc(S(=O)(=O)NC2CC2c2ccccc2)sc1CO. The van der Waals surface area contributed by atoms with E-state index in [2.05, 4.69) is 4.72 Å². The Morgan fingerprint density at radius 3 is 2.67 bits per heavy atom. The minimum absolute atomic E-state index is 0.0302. The van der Waals surface area contributed by atoms with Gasteiger partial charge in [0.25, 0.3) is 0 Å². The highest BCUT2D eigenvalue weighted by molar-refractivity contribution is 7.91.